The summed E-state index contributed by atoms with van der Waals surface area (Å²) in [6.45, 7) is 6.06. The van der Waals surface area contributed by atoms with Crippen molar-refractivity contribution in [3.8, 4) is 11.5 Å². The predicted octanol–water partition coefficient (Wildman–Crippen LogP) is 2.86. The number of carbonyl (C=O) groups excluding carboxylic acids is 1. The summed E-state index contributed by atoms with van der Waals surface area (Å²) in [6.07, 6.45) is 0.988. The van der Waals surface area contributed by atoms with Crippen molar-refractivity contribution in [3.63, 3.8) is 0 Å². The Labute approximate surface area is 120 Å². The Morgan fingerprint density at radius 2 is 1.95 bits per heavy atom. The first-order chi connectivity index (χ1) is 9.53. The van der Waals surface area contributed by atoms with E-state index in [1.54, 1.807) is 25.3 Å². The summed E-state index contributed by atoms with van der Waals surface area (Å²) in [4.78, 5) is 12.0. The minimum Gasteiger partial charge on any atom is -0.493 e. The first-order valence-electron chi connectivity index (χ1n) is 6.60. The SMILES string of the molecule is CC[C@H](C)/C(C)=N\NC(=O)c1ccc(OC)c(OC)c1. The fourth-order valence-corrected chi connectivity index (χ4v) is 1.59. The van der Waals surface area contributed by atoms with Crippen LogP contribution in [0.25, 0.3) is 0 Å². The van der Waals surface area contributed by atoms with E-state index in [9.17, 15) is 4.79 Å². The summed E-state index contributed by atoms with van der Waals surface area (Å²) in [5.41, 5.74) is 3.93. The number of benzene rings is 1. The van der Waals surface area contributed by atoms with E-state index in [1.807, 2.05) is 6.92 Å². The van der Waals surface area contributed by atoms with Crippen molar-refractivity contribution >= 4 is 11.6 Å². The van der Waals surface area contributed by atoms with Gasteiger partial charge in [-0.05, 0) is 37.5 Å². The largest absolute Gasteiger partial charge is 0.493 e. The van der Waals surface area contributed by atoms with Crippen LogP contribution in [0.2, 0.25) is 0 Å². The first-order valence-corrected chi connectivity index (χ1v) is 6.60. The van der Waals surface area contributed by atoms with Gasteiger partial charge in [-0.25, -0.2) is 5.43 Å². The third-order valence-corrected chi connectivity index (χ3v) is 3.31. The molecule has 0 spiro atoms. The topological polar surface area (TPSA) is 59.9 Å². The van der Waals surface area contributed by atoms with Crippen LogP contribution in [-0.2, 0) is 0 Å². The third kappa shape index (κ3) is 3.98. The summed E-state index contributed by atoms with van der Waals surface area (Å²) < 4.78 is 10.3. The number of amides is 1. The van der Waals surface area contributed by atoms with E-state index in [4.69, 9.17) is 9.47 Å². The molecule has 1 N–H and O–H groups in total. The number of ether oxygens (including phenoxy) is 2. The lowest BCUT2D eigenvalue weighted by Gasteiger charge is -2.10. The lowest BCUT2D eigenvalue weighted by atomic mass is 10.1. The monoisotopic (exact) mass is 278 g/mol. The van der Waals surface area contributed by atoms with Crippen LogP contribution >= 0.6 is 0 Å². The van der Waals surface area contributed by atoms with Gasteiger partial charge in [0, 0.05) is 11.3 Å². The number of rotatable bonds is 6. The number of nitrogens with zero attached hydrogens (tertiary/aromatic N) is 1. The molecular formula is C15H22N2O3. The summed E-state index contributed by atoms with van der Waals surface area (Å²) in [6, 6.07) is 4.99. The number of hydrazone groups is 1. The summed E-state index contributed by atoms with van der Waals surface area (Å²) in [7, 11) is 3.09. The fraction of sp³-hybridized carbons (Fsp3) is 0.467. The smallest absolute Gasteiger partial charge is 0.271 e. The second-order valence-corrected chi connectivity index (χ2v) is 4.57. The van der Waals surface area contributed by atoms with Crippen LogP contribution in [0.4, 0.5) is 0 Å². The summed E-state index contributed by atoms with van der Waals surface area (Å²) in [5.74, 6) is 1.18. The van der Waals surface area contributed by atoms with Gasteiger partial charge in [-0.1, -0.05) is 13.8 Å². The third-order valence-electron chi connectivity index (χ3n) is 3.31. The quantitative estimate of drug-likeness (QED) is 0.643. The van der Waals surface area contributed by atoms with Gasteiger partial charge < -0.3 is 9.47 Å². The van der Waals surface area contributed by atoms with E-state index in [2.05, 4.69) is 24.4 Å². The summed E-state index contributed by atoms with van der Waals surface area (Å²) in [5, 5.41) is 4.11. The van der Waals surface area contributed by atoms with E-state index in [-0.39, 0.29) is 5.91 Å². The van der Waals surface area contributed by atoms with Crippen LogP contribution in [0.1, 0.15) is 37.6 Å². The van der Waals surface area contributed by atoms with Gasteiger partial charge in [0.2, 0.25) is 0 Å². The Balaban J connectivity index is 2.83. The van der Waals surface area contributed by atoms with E-state index >= 15 is 0 Å². The minimum atomic E-state index is -0.270. The van der Waals surface area contributed by atoms with Crippen LogP contribution in [0, 0.1) is 5.92 Å². The normalized spacial score (nSPS) is 12.8. The molecule has 0 fully saturated rings. The van der Waals surface area contributed by atoms with Gasteiger partial charge in [0.25, 0.3) is 5.91 Å². The van der Waals surface area contributed by atoms with Gasteiger partial charge in [0.05, 0.1) is 14.2 Å². The Kier molecular flexibility index (Phi) is 6.03. The molecule has 5 heteroatoms. The van der Waals surface area contributed by atoms with Gasteiger partial charge in [-0.3, -0.25) is 4.79 Å². The number of carbonyl (C=O) groups is 1. The Morgan fingerprint density at radius 1 is 1.30 bits per heavy atom. The lowest BCUT2D eigenvalue weighted by Crippen LogP contribution is -2.21. The van der Waals surface area contributed by atoms with Gasteiger partial charge in [-0.15, -0.1) is 0 Å². The average Bonchev–Trinajstić information content (AvgIpc) is 2.50. The molecule has 20 heavy (non-hydrogen) atoms. The molecule has 0 radical (unpaired) electrons. The highest BCUT2D eigenvalue weighted by Crippen LogP contribution is 2.27. The molecule has 0 bridgehead atoms. The van der Waals surface area contributed by atoms with Crippen molar-refractivity contribution in [2.75, 3.05) is 14.2 Å². The molecule has 1 aromatic rings. The highest BCUT2D eigenvalue weighted by atomic mass is 16.5. The number of nitrogens with one attached hydrogen (secondary N) is 1. The zero-order valence-corrected chi connectivity index (χ0v) is 12.7. The molecule has 5 nitrogen and oxygen atoms in total. The van der Waals surface area contributed by atoms with E-state index in [0.29, 0.717) is 23.0 Å². The zero-order valence-electron chi connectivity index (χ0n) is 12.7. The molecular weight excluding hydrogens is 256 g/mol. The number of methoxy groups -OCH3 is 2. The molecule has 0 heterocycles. The van der Waals surface area contributed by atoms with Crippen LogP contribution in [-0.4, -0.2) is 25.8 Å². The van der Waals surface area contributed by atoms with Crippen molar-refractivity contribution in [1.29, 1.82) is 0 Å². The van der Waals surface area contributed by atoms with E-state index in [1.165, 1.54) is 7.11 Å². The second kappa shape index (κ2) is 7.53. The summed E-state index contributed by atoms with van der Waals surface area (Å²) >= 11 is 0. The molecule has 1 rings (SSSR count). The number of hydrogen-bond donors (Lipinski definition) is 1. The molecule has 0 saturated carbocycles. The van der Waals surface area contributed by atoms with Gasteiger partial charge >= 0.3 is 0 Å². The highest BCUT2D eigenvalue weighted by Gasteiger charge is 2.10. The van der Waals surface area contributed by atoms with Crippen LogP contribution in [0.15, 0.2) is 23.3 Å². The molecule has 1 amide bonds. The Hall–Kier alpha value is -2.04. The molecule has 1 atom stereocenters. The fourth-order valence-electron chi connectivity index (χ4n) is 1.59. The lowest BCUT2D eigenvalue weighted by molar-refractivity contribution is 0.0954. The molecule has 0 saturated heterocycles. The standard InChI is InChI=1S/C15H22N2O3/c1-6-10(2)11(3)16-17-15(18)12-7-8-13(19-4)14(9-12)20-5/h7-10H,6H2,1-5H3,(H,17,18)/b16-11-/t10-/m0/s1. The number of hydrogen-bond acceptors (Lipinski definition) is 4. The van der Waals surface area contributed by atoms with Crippen LogP contribution < -0.4 is 14.9 Å². The molecule has 0 aliphatic carbocycles. The maximum atomic E-state index is 12.0. The van der Waals surface area contributed by atoms with E-state index < -0.39 is 0 Å². The van der Waals surface area contributed by atoms with Crippen molar-refractivity contribution in [3.05, 3.63) is 23.8 Å². The molecule has 0 aliphatic rings. The Bertz CT molecular complexity index is 498. The van der Waals surface area contributed by atoms with Gasteiger partial charge in [0.1, 0.15) is 0 Å². The minimum absolute atomic E-state index is 0.270. The molecule has 0 unspecified atom stereocenters. The maximum Gasteiger partial charge on any atom is 0.271 e. The average molecular weight is 278 g/mol. The molecule has 1 aromatic carbocycles. The molecule has 110 valence electrons. The molecule has 0 aromatic heterocycles. The highest BCUT2D eigenvalue weighted by molar-refractivity contribution is 5.96. The zero-order chi connectivity index (χ0) is 15.1. The first kappa shape index (κ1) is 16.0. The van der Waals surface area contributed by atoms with Crippen LogP contribution in [0.3, 0.4) is 0 Å². The molecule has 0 aliphatic heterocycles. The Morgan fingerprint density at radius 3 is 2.50 bits per heavy atom. The maximum absolute atomic E-state index is 12.0. The van der Waals surface area contributed by atoms with Gasteiger partial charge in [-0.2, -0.15) is 5.10 Å². The van der Waals surface area contributed by atoms with Gasteiger partial charge in [0.15, 0.2) is 11.5 Å². The predicted molar refractivity (Wildman–Crippen MR) is 79.6 cm³/mol. The van der Waals surface area contributed by atoms with Crippen molar-refractivity contribution in [1.82, 2.24) is 5.43 Å². The van der Waals surface area contributed by atoms with Crippen LogP contribution in [0.5, 0.6) is 11.5 Å². The van der Waals surface area contributed by atoms with E-state index in [0.717, 1.165) is 12.1 Å². The van der Waals surface area contributed by atoms with Crippen molar-refractivity contribution in [2.24, 2.45) is 11.0 Å². The van der Waals surface area contributed by atoms with Crippen molar-refractivity contribution in [2.45, 2.75) is 27.2 Å². The second-order valence-electron chi connectivity index (χ2n) is 4.57. The van der Waals surface area contributed by atoms with Crippen molar-refractivity contribution < 1.29 is 14.3 Å².